The number of aromatic hydroxyl groups is 2. The third-order valence-corrected chi connectivity index (χ3v) is 4.15. The van der Waals surface area contributed by atoms with Crippen LogP contribution in [0.25, 0.3) is 0 Å². The van der Waals surface area contributed by atoms with Crippen LogP contribution in [0.15, 0.2) is 35.2 Å². The number of carbonyl (C=O) groups is 1. The van der Waals surface area contributed by atoms with E-state index in [0.29, 0.717) is 5.75 Å². The van der Waals surface area contributed by atoms with Crippen molar-refractivity contribution in [2.45, 2.75) is 4.90 Å². The molecular formula is C15H13NaO8S. The molecule has 0 bridgehead atoms. The van der Waals surface area contributed by atoms with Gasteiger partial charge in [-0.25, -0.2) is 8.42 Å². The third kappa shape index (κ3) is 4.25. The van der Waals surface area contributed by atoms with E-state index >= 15 is 0 Å². The first kappa shape index (κ1) is 21.3. The Hall–Kier alpha value is -1.78. The number of rotatable bonds is 5. The second kappa shape index (κ2) is 8.07. The SMILES string of the molecule is COc1ccc(C(=O)c2ccc(OC)c(S(=O)(=O)[O-])c2O)c(O)c1.[Na+]. The molecule has 2 aromatic rings. The topological polar surface area (TPSA) is 133 Å². The monoisotopic (exact) mass is 376 g/mol. The Morgan fingerprint density at radius 2 is 1.64 bits per heavy atom. The number of methoxy groups -OCH3 is 2. The van der Waals surface area contributed by atoms with Crippen molar-refractivity contribution in [1.82, 2.24) is 0 Å². The molecule has 2 N–H and O–H groups in total. The Labute approximate surface area is 166 Å². The van der Waals surface area contributed by atoms with Crippen LogP contribution < -0.4 is 39.0 Å². The zero-order valence-electron chi connectivity index (χ0n) is 13.6. The van der Waals surface area contributed by atoms with Gasteiger partial charge in [-0.05, 0) is 24.3 Å². The van der Waals surface area contributed by atoms with Gasteiger partial charge in [0.15, 0.2) is 0 Å². The van der Waals surface area contributed by atoms with Gasteiger partial charge in [0.05, 0.1) is 25.3 Å². The fraction of sp³-hybridized carbons (Fsp3) is 0.133. The molecule has 2 rings (SSSR count). The predicted molar refractivity (Wildman–Crippen MR) is 80.7 cm³/mol. The van der Waals surface area contributed by atoms with Gasteiger partial charge < -0.3 is 24.2 Å². The Morgan fingerprint density at radius 3 is 2.12 bits per heavy atom. The maximum Gasteiger partial charge on any atom is 1.00 e. The Kier molecular flexibility index (Phi) is 6.86. The molecule has 0 atom stereocenters. The van der Waals surface area contributed by atoms with E-state index in [4.69, 9.17) is 9.47 Å². The molecule has 0 saturated carbocycles. The van der Waals surface area contributed by atoms with Crippen molar-refractivity contribution in [2.75, 3.05) is 14.2 Å². The molecule has 0 aliphatic heterocycles. The summed E-state index contributed by atoms with van der Waals surface area (Å²) in [7, 11) is -2.61. The largest absolute Gasteiger partial charge is 1.00 e. The van der Waals surface area contributed by atoms with E-state index in [1.165, 1.54) is 25.3 Å². The van der Waals surface area contributed by atoms with E-state index < -0.39 is 43.6 Å². The van der Waals surface area contributed by atoms with Crippen molar-refractivity contribution in [3.63, 3.8) is 0 Å². The van der Waals surface area contributed by atoms with Gasteiger partial charge >= 0.3 is 29.6 Å². The standard InChI is InChI=1S/C15H14O8S.Na/c1-22-8-3-4-9(11(16)7-8)13(17)10-5-6-12(23-2)15(14(10)18)24(19,20)21;/h3-7,16,18H,1-2H3,(H,19,20,21);/q;+1/p-1. The number of benzene rings is 2. The predicted octanol–water partition coefficient (Wildman–Crippen LogP) is -1.75. The average Bonchev–Trinajstić information content (AvgIpc) is 2.52. The van der Waals surface area contributed by atoms with Crippen LogP contribution in [0.2, 0.25) is 0 Å². The van der Waals surface area contributed by atoms with Crippen LogP contribution in [0.4, 0.5) is 0 Å². The third-order valence-electron chi connectivity index (χ3n) is 3.26. The average molecular weight is 376 g/mol. The zero-order valence-corrected chi connectivity index (χ0v) is 16.5. The molecule has 128 valence electrons. The molecule has 25 heavy (non-hydrogen) atoms. The first-order chi connectivity index (χ1) is 11.2. The van der Waals surface area contributed by atoms with E-state index in [2.05, 4.69) is 0 Å². The molecular weight excluding hydrogens is 363 g/mol. The molecule has 0 aromatic heterocycles. The first-order valence-corrected chi connectivity index (χ1v) is 7.89. The van der Waals surface area contributed by atoms with E-state index in [1.807, 2.05) is 0 Å². The molecule has 0 spiro atoms. The zero-order chi connectivity index (χ0) is 18.1. The molecule has 10 heteroatoms. The summed E-state index contributed by atoms with van der Waals surface area (Å²) in [4.78, 5) is 11.4. The molecule has 0 amide bonds. The summed E-state index contributed by atoms with van der Waals surface area (Å²) in [6.45, 7) is 0. The van der Waals surface area contributed by atoms with Gasteiger partial charge in [0.25, 0.3) is 0 Å². The van der Waals surface area contributed by atoms with Crippen LogP contribution in [0.3, 0.4) is 0 Å². The summed E-state index contributed by atoms with van der Waals surface area (Å²) in [5.74, 6) is -2.44. The summed E-state index contributed by atoms with van der Waals surface area (Å²) in [6.07, 6.45) is 0. The number of phenolic OH excluding ortho intramolecular Hbond substituents is 2. The van der Waals surface area contributed by atoms with Gasteiger partial charge in [-0.3, -0.25) is 4.79 Å². The molecule has 0 radical (unpaired) electrons. The number of ketones is 1. The summed E-state index contributed by atoms with van der Waals surface area (Å²) in [5.41, 5.74) is -0.670. The summed E-state index contributed by atoms with van der Waals surface area (Å²) in [5, 5.41) is 20.0. The van der Waals surface area contributed by atoms with Crippen molar-refractivity contribution in [3.8, 4) is 23.0 Å². The molecule has 0 heterocycles. The minimum atomic E-state index is -5.09. The van der Waals surface area contributed by atoms with Crippen molar-refractivity contribution < 1.29 is 67.0 Å². The number of phenols is 2. The van der Waals surface area contributed by atoms with Crippen LogP contribution in [-0.2, 0) is 10.1 Å². The van der Waals surface area contributed by atoms with E-state index in [-0.39, 0.29) is 35.1 Å². The molecule has 8 nitrogen and oxygen atoms in total. The minimum Gasteiger partial charge on any atom is -0.744 e. The smallest absolute Gasteiger partial charge is 0.744 e. The maximum atomic E-state index is 12.5. The number of carbonyl (C=O) groups excluding carboxylic acids is 1. The van der Waals surface area contributed by atoms with Crippen LogP contribution in [0.5, 0.6) is 23.0 Å². The second-order valence-electron chi connectivity index (χ2n) is 4.66. The quantitative estimate of drug-likeness (QED) is 0.357. The number of hydrogen-bond acceptors (Lipinski definition) is 8. The van der Waals surface area contributed by atoms with Crippen LogP contribution in [-0.4, -0.2) is 43.2 Å². The van der Waals surface area contributed by atoms with Gasteiger partial charge in [0.2, 0.25) is 5.78 Å². The maximum absolute atomic E-state index is 12.5. The molecule has 2 aromatic carbocycles. The summed E-state index contributed by atoms with van der Waals surface area (Å²) >= 11 is 0. The first-order valence-electron chi connectivity index (χ1n) is 6.48. The van der Waals surface area contributed by atoms with Crippen LogP contribution >= 0.6 is 0 Å². The van der Waals surface area contributed by atoms with Crippen molar-refractivity contribution in [1.29, 1.82) is 0 Å². The van der Waals surface area contributed by atoms with Crippen molar-refractivity contribution in [3.05, 3.63) is 41.5 Å². The Morgan fingerprint density at radius 1 is 1.04 bits per heavy atom. The molecule has 0 saturated heterocycles. The number of ether oxygens (including phenoxy) is 2. The fourth-order valence-corrected chi connectivity index (χ4v) is 2.86. The van der Waals surface area contributed by atoms with Gasteiger partial charge in [0, 0.05) is 6.07 Å². The summed E-state index contributed by atoms with van der Waals surface area (Å²) in [6, 6.07) is 5.98. The molecule has 0 unspecified atom stereocenters. The Balaban J connectivity index is 0.00000312. The number of hydrogen-bond donors (Lipinski definition) is 2. The van der Waals surface area contributed by atoms with E-state index in [9.17, 15) is 28.0 Å². The molecule has 0 aliphatic carbocycles. The van der Waals surface area contributed by atoms with E-state index in [1.54, 1.807) is 0 Å². The Bertz CT molecular complexity index is 908. The van der Waals surface area contributed by atoms with Gasteiger partial charge in [0.1, 0.15) is 38.0 Å². The van der Waals surface area contributed by atoms with Crippen LogP contribution in [0.1, 0.15) is 15.9 Å². The second-order valence-corrected chi connectivity index (χ2v) is 5.98. The van der Waals surface area contributed by atoms with Gasteiger partial charge in [-0.15, -0.1) is 0 Å². The minimum absolute atomic E-state index is 0. The van der Waals surface area contributed by atoms with Crippen LogP contribution in [0, 0.1) is 0 Å². The van der Waals surface area contributed by atoms with Gasteiger partial charge in [-0.1, -0.05) is 0 Å². The van der Waals surface area contributed by atoms with E-state index in [0.717, 1.165) is 19.2 Å². The fourth-order valence-electron chi connectivity index (χ4n) is 2.11. The van der Waals surface area contributed by atoms with Crippen molar-refractivity contribution >= 4 is 15.9 Å². The molecule has 0 aliphatic rings. The summed E-state index contributed by atoms with van der Waals surface area (Å²) < 4.78 is 43.6. The van der Waals surface area contributed by atoms with Crippen molar-refractivity contribution in [2.24, 2.45) is 0 Å². The normalized spacial score (nSPS) is 10.7. The van der Waals surface area contributed by atoms with Gasteiger partial charge in [-0.2, -0.15) is 0 Å². The molecule has 0 fully saturated rings.